The van der Waals surface area contributed by atoms with Gasteiger partial charge in [-0.15, -0.1) is 0 Å². The molecular formula is C18H20F3NO5. The van der Waals surface area contributed by atoms with Gasteiger partial charge in [-0.2, -0.15) is 13.2 Å². The number of aliphatic carboxylic acids is 1. The van der Waals surface area contributed by atoms with Gasteiger partial charge in [-0.1, -0.05) is 0 Å². The third-order valence-electron chi connectivity index (χ3n) is 5.07. The van der Waals surface area contributed by atoms with Gasteiger partial charge in [0.15, 0.2) is 5.41 Å². The predicted octanol–water partition coefficient (Wildman–Crippen LogP) is 2.72. The molecule has 2 fully saturated rings. The summed E-state index contributed by atoms with van der Waals surface area (Å²) in [7, 11) is 0. The van der Waals surface area contributed by atoms with E-state index in [2.05, 4.69) is 0 Å². The molecule has 27 heavy (non-hydrogen) atoms. The van der Waals surface area contributed by atoms with Gasteiger partial charge in [0.05, 0.1) is 6.10 Å². The van der Waals surface area contributed by atoms with E-state index in [9.17, 15) is 22.8 Å². The Balaban J connectivity index is 1.63. The highest BCUT2D eigenvalue weighted by Gasteiger charge is 2.64. The maximum atomic E-state index is 13.2. The second kappa shape index (κ2) is 7.38. The van der Waals surface area contributed by atoms with Gasteiger partial charge in [0.1, 0.15) is 12.4 Å². The molecule has 3 rings (SSSR count). The van der Waals surface area contributed by atoms with E-state index < -0.39 is 36.4 Å². The van der Waals surface area contributed by atoms with Crippen molar-refractivity contribution < 1.29 is 37.3 Å². The van der Waals surface area contributed by atoms with Crippen molar-refractivity contribution in [3.05, 3.63) is 29.8 Å². The van der Waals surface area contributed by atoms with Gasteiger partial charge in [-0.05, 0) is 43.5 Å². The Morgan fingerprint density at radius 1 is 1.30 bits per heavy atom. The van der Waals surface area contributed by atoms with Crippen molar-refractivity contribution >= 4 is 11.9 Å². The third kappa shape index (κ3) is 3.87. The maximum Gasteiger partial charge on any atom is 0.406 e. The number of ether oxygens (including phenoxy) is 2. The fourth-order valence-corrected chi connectivity index (χ4v) is 3.35. The van der Waals surface area contributed by atoms with Crippen LogP contribution < -0.4 is 4.74 Å². The van der Waals surface area contributed by atoms with Crippen LogP contribution in [-0.4, -0.2) is 60.5 Å². The molecule has 0 spiro atoms. The maximum absolute atomic E-state index is 13.2. The fourth-order valence-electron chi connectivity index (χ4n) is 3.35. The van der Waals surface area contributed by atoms with Crippen LogP contribution in [0.25, 0.3) is 0 Å². The lowest BCUT2D eigenvalue weighted by Crippen LogP contribution is -2.47. The summed E-state index contributed by atoms with van der Waals surface area (Å²) >= 11 is 0. The predicted molar refractivity (Wildman–Crippen MR) is 87.6 cm³/mol. The number of carbonyl (C=O) groups is 2. The van der Waals surface area contributed by atoms with Crippen LogP contribution in [0.15, 0.2) is 24.3 Å². The largest absolute Gasteiger partial charge is 0.491 e. The van der Waals surface area contributed by atoms with Crippen LogP contribution in [0.4, 0.5) is 13.2 Å². The van der Waals surface area contributed by atoms with Crippen molar-refractivity contribution in [2.24, 2.45) is 5.41 Å². The summed E-state index contributed by atoms with van der Waals surface area (Å²) in [6, 6.07) is 6.04. The summed E-state index contributed by atoms with van der Waals surface area (Å²) in [4.78, 5) is 24.6. The molecule has 1 aromatic rings. The Morgan fingerprint density at radius 3 is 2.52 bits per heavy atom. The van der Waals surface area contributed by atoms with Crippen molar-refractivity contribution in [2.75, 3.05) is 26.3 Å². The van der Waals surface area contributed by atoms with Crippen LogP contribution in [0.1, 0.15) is 29.6 Å². The molecule has 0 bridgehead atoms. The fraction of sp³-hybridized carbons (Fsp3) is 0.556. The van der Waals surface area contributed by atoms with E-state index in [0.717, 1.165) is 17.7 Å². The summed E-state index contributed by atoms with van der Waals surface area (Å²) in [5, 5.41) is 9.07. The lowest BCUT2D eigenvalue weighted by atomic mass is 9.86. The second-order valence-corrected chi connectivity index (χ2v) is 6.83. The molecule has 9 heteroatoms. The molecule has 0 radical (unpaired) electrons. The normalized spacial score (nSPS) is 25.6. The summed E-state index contributed by atoms with van der Waals surface area (Å²) in [5.41, 5.74) is -2.73. The zero-order chi connectivity index (χ0) is 19.7. The Labute approximate surface area is 153 Å². The molecule has 2 unspecified atom stereocenters. The molecule has 1 aromatic carbocycles. The minimum Gasteiger partial charge on any atom is -0.491 e. The van der Waals surface area contributed by atoms with Gasteiger partial charge in [-0.3, -0.25) is 9.59 Å². The van der Waals surface area contributed by atoms with Crippen molar-refractivity contribution in [1.82, 2.24) is 4.90 Å². The Morgan fingerprint density at radius 2 is 2.00 bits per heavy atom. The summed E-state index contributed by atoms with van der Waals surface area (Å²) in [6.45, 7) is -0.0386. The lowest BCUT2D eigenvalue weighted by molar-refractivity contribution is -0.227. The van der Waals surface area contributed by atoms with E-state index in [4.69, 9.17) is 14.6 Å². The van der Waals surface area contributed by atoms with Crippen LogP contribution in [-0.2, 0) is 9.53 Å². The quantitative estimate of drug-likeness (QED) is 0.841. The van der Waals surface area contributed by atoms with Crippen LogP contribution in [0.2, 0.25) is 0 Å². The molecule has 2 aliphatic heterocycles. The number of halogens is 3. The highest BCUT2D eigenvalue weighted by atomic mass is 19.4. The molecule has 2 atom stereocenters. The first-order valence-electron chi connectivity index (χ1n) is 8.67. The van der Waals surface area contributed by atoms with E-state index in [1.54, 1.807) is 12.1 Å². The molecular weight excluding hydrogens is 367 g/mol. The van der Waals surface area contributed by atoms with Gasteiger partial charge in [0.2, 0.25) is 0 Å². The molecule has 1 amide bonds. The number of rotatable bonds is 5. The first-order chi connectivity index (χ1) is 12.7. The molecule has 2 aliphatic rings. The molecule has 0 saturated carbocycles. The lowest BCUT2D eigenvalue weighted by Gasteiger charge is -2.27. The van der Waals surface area contributed by atoms with Gasteiger partial charge in [-0.25, -0.2) is 0 Å². The number of nitrogens with zero attached hydrogens (tertiary/aromatic N) is 1. The number of carbonyl (C=O) groups excluding carboxylic acids is 1. The van der Waals surface area contributed by atoms with Gasteiger partial charge < -0.3 is 19.5 Å². The van der Waals surface area contributed by atoms with Gasteiger partial charge in [0, 0.05) is 25.3 Å². The average molecular weight is 387 g/mol. The molecule has 148 valence electrons. The van der Waals surface area contributed by atoms with Gasteiger partial charge >= 0.3 is 12.1 Å². The van der Waals surface area contributed by atoms with Crippen molar-refractivity contribution in [2.45, 2.75) is 31.5 Å². The number of benzene rings is 1. The monoisotopic (exact) mass is 387 g/mol. The first kappa shape index (κ1) is 19.5. The molecule has 6 nitrogen and oxygen atoms in total. The highest BCUT2D eigenvalue weighted by molar-refractivity contribution is 5.95. The van der Waals surface area contributed by atoms with Crippen LogP contribution in [0.5, 0.6) is 5.75 Å². The van der Waals surface area contributed by atoms with Crippen LogP contribution in [0.3, 0.4) is 0 Å². The zero-order valence-electron chi connectivity index (χ0n) is 14.5. The number of hydrogen-bond acceptors (Lipinski definition) is 4. The number of carboxylic acid groups (broad SMARTS) is 1. The van der Waals surface area contributed by atoms with E-state index >= 15 is 0 Å². The van der Waals surface area contributed by atoms with Crippen LogP contribution >= 0.6 is 0 Å². The van der Waals surface area contributed by atoms with Crippen molar-refractivity contribution in [1.29, 1.82) is 0 Å². The number of carboxylic acids is 1. The van der Waals surface area contributed by atoms with Crippen molar-refractivity contribution in [3.63, 3.8) is 0 Å². The van der Waals surface area contributed by atoms with Crippen molar-refractivity contribution in [3.8, 4) is 5.75 Å². The second-order valence-electron chi connectivity index (χ2n) is 6.83. The molecule has 2 saturated heterocycles. The topological polar surface area (TPSA) is 76.1 Å². The molecule has 1 N–H and O–H groups in total. The van der Waals surface area contributed by atoms with E-state index in [1.165, 1.54) is 12.1 Å². The molecule has 0 aromatic heterocycles. The first-order valence-corrected chi connectivity index (χ1v) is 8.67. The standard InChI is InChI=1S/C18H20F3NO5/c19-18(20,21)17(16(24)25)7-8-22(11-17)15(23)12-3-5-13(6-4-12)27-10-14-2-1-9-26-14/h3-6,14H,1-2,7-11H2,(H,24,25). The molecule has 0 aliphatic carbocycles. The number of amides is 1. The minimum atomic E-state index is -4.92. The van der Waals surface area contributed by atoms with E-state index in [0.29, 0.717) is 19.0 Å². The zero-order valence-corrected chi connectivity index (χ0v) is 14.5. The summed E-state index contributed by atoms with van der Waals surface area (Å²) in [5.74, 6) is -2.06. The third-order valence-corrected chi connectivity index (χ3v) is 5.07. The summed E-state index contributed by atoms with van der Waals surface area (Å²) in [6.07, 6.45) is -3.61. The van der Waals surface area contributed by atoms with E-state index in [1.807, 2.05) is 0 Å². The Kier molecular flexibility index (Phi) is 5.32. The highest BCUT2D eigenvalue weighted by Crippen LogP contribution is 2.46. The number of hydrogen-bond donors (Lipinski definition) is 1. The Hall–Kier alpha value is -2.29. The Bertz CT molecular complexity index is 700. The number of alkyl halides is 3. The van der Waals surface area contributed by atoms with Gasteiger partial charge in [0.25, 0.3) is 5.91 Å². The average Bonchev–Trinajstić information content (AvgIpc) is 3.29. The van der Waals surface area contributed by atoms with E-state index in [-0.39, 0.29) is 18.2 Å². The smallest absolute Gasteiger partial charge is 0.406 e. The van der Waals surface area contributed by atoms with Crippen LogP contribution in [0, 0.1) is 5.41 Å². The molecule has 2 heterocycles. The number of likely N-dealkylation sites (tertiary alicyclic amines) is 1. The minimum absolute atomic E-state index is 0.0439. The SMILES string of the molecule is O=C(c1ccc(OCC2CCCO2)cc1)N1CCC(C(=O)O)(C(F)(F)F)C1. The summed E-state index contributed by atoms with van der Waals surface area (Å²) < 4.78 is 50.7.